The van der Waals surface area contributed by atoms with Crippen molar-refractivity contribution < 1.29 is 30.0 Å². The van der Waals surface area contributed by atoms with Crippen LogP contribution in [-0.4, -0.2) is 32.4 Å². The van der Waals surface area contributed by atoms with Gasteiger partial charge in [0.15, 0.2) is 0 Å². The van der Waals surface area contributed by atoms with E-state index in [1.165, 1.54) is 24.3 Å². The molecule has 0 heterocycles. The fourth-order valence-electron chi connectivity index (χ4n) is 5.22. The highest BCUT2D eigenvalue weighted by Crippen LogP contribution is 2.57. The van der Waals surface area contributed by atoms with Gasteiger partial charge in [0.05, 0.1) is 5.41 Å². The Labute approximate surface area is 201 Å². The summed E-state index contributed by atoms with van der Waals surface area (Å²) in [6, 6.07) is 21.0. The van der Waals surface area contributed by atoms with E-state index in [2.05, 4.69) is 0 Å². The predicted octanol–water partition coefficient (Wildman–Crippen LogP) is 5.47. The standard InChI is InChI=1S/C29H22O6/c1-15-3-7-19-20-8-4-16(2)12-24(20)29(23(19)11-15,17-5-9-25(30)21(13-17)27(32)33)18-6-10-26(31)22(14-18)28(34)35/h3-14,30-31H,1-2H3,(H,32,33)(H,34,35). The lowest BCUT2D eigenvalue weighted by Gasteiger charge is -2.34. The molecule has 0 amide bonds. The van der Waals surface area contributed by atoms with Crippen LogP contribution in [0.3, 0.4) is 0 Å². The maximum atomic E-state index is 11.9. The van der Waals surface area contributed by atoms with Crippen LogP contribution < -0.4 is 0 Å². The van der Waals surface area contributed by atoms with Crippen LogP contribution in [0.25, 0.3) is 11.1 Å². The second-order valence-electron chi connectivity index (χ2n) is 8.92. The van der Waals surface area contributed by atoms with Crippen LogP contribution in [0.1, 0.15) is 54.1 Å². The Bertz CT molecular complexity index is 1430. The normalized spacial score (nSPS) is 13.2. The van der Waals surface area contributed by atoms with E-state index in [4.69, 9.17) is 0 Å². The molecule has 1 aliphatic rings. The third-order valence-electron chi connectivity index (χ3n) is 6.77. The molecule has 1 aliphatic carbocycles. The summed E-state index contributed by atoms with van der Waals surface area (Å²) in [5.74, 6) is -3.27. The summed E-state index contributed by atoms with van der Waals surface area (Å²) in [7, 11) is 0. The minimum absolute atomic E-state index is 0.255. The highest BCUT2D eigenvalue weighted by molar-refractivity contribution is 5.94. The first-order valence-electron chi connectivity index (χ1n) is 11.0. The van der Waals surface area contributed by atoms with E-state index in [9.17, 15) is 30.0 Å². The molecule has 0 spiro atoms. The van der Waals surface area contributed by atoms with Gasteiger partial charge in [-0.2, -0.15) is 0 Å². The molecule has 4 aromatic rings. The lowest BCUT2D eigenvalue weighted by Crippen LogP contribution is -2.29. The van der Waals surface area contributed by atoms with Crippen LogP contribution in [0.5, 0.6) is 11.5 Å². The SMILES string of the molecule is Cc1ccc2c(c1)C(c1ccc(O)c(C(=O)O)c1)(c1ccc(O)c(C(=O)O)c1)c1cc(C)ccc1-2. The number of aryl methyl sites for hydroxylation is 2. The van der Waals surface area contributed by atoms with Crippen molar-refractivity contribution in [3.63, 3.8) is 0 Å². The summed E-state index contributed by atoms with van der Waals surface area (Å²) >= 11 is 0. The van der Waals surface area contributed by atoms with Crippen LogP contribution in [0.2, 0.25) is 0 Å². The first-order chi connectivity index (χ1) is 16.6. The molecule has 0 radical (unpaired) electrons. The molecular formula is C29H22O6. The van der Waals surface area contributed by atoms with Crippen molar-refractivity contribution in [3.8, 4) is 22.6 Å². The molecule has 0 aromatic heterocycles. The Morgan fingerprint density at radius 2 is 1.00 bits per heavy atom. The van der Waals surface area contributed by atoms with Crippen molar-refractivity contribution in [1.82, 2.24) is 0 Å². The molecule has 0 atom stereocenters. The van der Waals surface area contributed by atoms with E-state index >= 15 is 0 Å². The first-order valence-corrected chi connectivity index (χ1v) is 11.0. The molecule has 0 aliphatic heterocycles. The molecule has 0 unspecified atom stereocenters. The molecule has 4 aromatic carbocycles. The Kier molecular flexibility index (Phi) is 4.91. The average molecular weight is 466 g/mol. The van der Waals surface area contributed by atoms with Crippen molar-refractivity contribution in [3.05, 3.63) is 117 Å². The first kappa shape index (κ1) is 22.2. The molecule has 174 valence electrons. The smallest absolute Gasteiger partial charge is 0.339 e. The van der Waals surface area contributed by atoms with Crippen LogP contribution in [-0.2, 0) is 5.41 Å². The zero-order chi connectivity index (χ0) is 25.1. The summed E-state index contributed by atoms with van der Waals surface area (Å²) in [6.07, 6.45) is 0. The highest BCUT2D eigenvalue weighted by Gasteiger charge is 2.47. The van der Waals surface area contributed by atoms with Crippen molar-refractivity contribution in [2.24, 2.45) is 0 Å². The largest absolute Gasteiger partial charge is 0.507 e. The monoisotopic (exact) mass is 466 g/mol. The highest BCUT2D eigenvalue weighted by atomic mass is 16.4. The van der Waals surface area contributed by atoms with E-state index in [1.807, 2.05) is 50.2 Å². The van der Waals surface area contributed by atoms with Crippen molar-refractivity contribution in [1.29, 1.82) is 0 Å². The third-order valence-corrected chi connectivity index (χ3v) is 6.77. The van der Waals surface area contributed by atoms with Crippen molar-refractivity contribution >= 4 is 11.9 Å². The minimum Gasteiger partial charge on any atom is -0.507 e. The number of hydrogen-bond donors (Lipinski definition) is 4. The Morgan fingerprint density at radius 1 is 0.600 bits per heavy atom. The zero-order valence-electron chi connectivity index (χ0n) is 19.0. The maximum Gasteiger partial charge on any atom is 0.339 e. The predicted molar refractivity (Wildman–Crippen MR) is 130 cm³/mol. The average Bonchev–Trinajstić information content (AvgIpc) is 3.08. The maximum absolute atomic E-state index is 11.9. The summed E-state index contributed by atoms with van der Waals surface area (Å²) in [5.41, 5.74) is 5.10. The van der Waals surface area contributed by atoms with Gasteiger partial charge in [0.25, 0.3) is 0 Å². The van der Waals surface area contributed by atoms with Gasteiger partial charge in [0.1, 0.15) is 22.6 Å². The Hall–Kier alpha value is -4.58. The molecular weight excluding hydrogens is 444 g/mol. The van der Waals surface area contributed by atoms with Crippen LogP contribution in [0.4, 0.5) is 0 Å². The van der Waals surface area contributed by atoms with Crippen LogP contribution in [0, 0.1) is 13.8 Å². The number of phenols is 2. The summed E-state index contributed by atoms with van der Waals surface area (Å²) in [4.78, 5) is 23.9. The summed E-state index contributed by atoms with van der Waals surface area (Å²) in [6.45, 7) is 3.91. The number of hydrogen-bond acceptors (Lipinski definition) is 4. The number of carboxylic acids is 2. The minimum atomic E-state index is -1.27. The van der Waals surface area contributed by atoms with Crippen LogP contribution in [0.15, 0.2) is 72.8 Å². The number of carbonyl (C=O) groups is 2. The molecule has 6 heteroatoms. The molecule has 0 saturated heterocycles. The van der Waals surface area contributed by atoms with Crippen LogP contribution >= 0.6 is 0 Å². The second kappa shape index (κ2) is 7.74. The van der Waals surface area contributed by atoms with Gasteiger partial charge in [-0.1, -0.05) is 59.7 Å². The Balaban J connectivity index is 2.00. The lowest BCUT2D eigenvalue weighted by molar-refractivity contribution is 0.0682. The van der Waals surface area contributed by atoms with Crippen molar-refractivity contribution in [2.75, 3.05) is 0 Å². The van der Waals surface area contributed by atoms with E-state index in [0.29, 0.717) is 11.1 Å². The van der Waals surface area contributed by atoms with E-state index in [-0.39, 0.29) is 22.6 Å². The molecule has 6 nitrogen and oxygen atoms in total. The van der Waals surface area contributed by atoms with Crippen molar-refractivity contribution in [2.45, 2.75) is 19.3 Å². The van der Waals surface area contributed by atoms with E-state index in [0.717, 1.165) is 33.4 Å². The van der Waals surface area contributed by atoms with Gasteiger partial charge in [-0.25, -0.2) is 9.59 Å². The number of carboxylic acid groups (broad SMARTS) is 2. The quantitative estimate of drug-likeness (QED) is 0.279. The third kappa shape index (κ3) is 3.18. The lowest BCUT2D eigenvalue weighted by atomic mass is 9.66. The molecule has 0 saturated carbocycles. The van der Waals surface area contributed by atoms with E-state index < -0.39 is 17.4 Å². The van der Waals surface area contributed by atoms with Gasteiger partial charge in [-0.3, -0.25) is 0 Å². The second-order valence-corrected chi connectivity index (χ2v) is 8.92. The Morgan fingerprint density at radius 3 is 1.37 bits per heavy atom. The molecule has 0 bridgehead atoms. The zero-order valence-corrected chi connectivity index (χ0v) is 19.0. The van der Waals surface area contributed by atoms with Gasteiger partial charge in [0.2, 0.25) is 0 Å². The molecule has 5 rings (SSSR count). The summed E-state index contributed by atoms with van der Waals surface area (Å²) < 4.78 is 0. The molecule has 0 fully saturated rings. The van der Waals surface area contributed by atoms with Gasteiger partial charge in [0, 0.05) is 0 Å². The fourth-order valence-corrected chi connectivity index (χ4v) is 5.22. The topological polar surface area (TPSA) is 115 Å². The van der Waals surface area contributed by atoms with Gasteiger partial charge in [-0.15, -0.1) is 0 Å². The van der Waals surface area contributed by atoms with Gasteiger partial charge >= 0.3 is 11.9 Å². The van der Waals surface area contributed by atoms with Gasteiger partial charge < -0.3 is 20.4 Å². The number of benzene rings is 4. The number of aromatic hydroxyl groups is 2. The number of aromatic carboxylic acids is 2. The number of rotatable bonds is 4. The fraction of sp³-hybridized carbons (Fsp3) is 0.103. The van der Waals surface area contributed by atoms with Gasteiger partial charge in [-0.05, 0) is 71.5 Å². The summed E-state index contributed by atoms with van der Waals surface area (Å²) in [5, 5.41) is 40.0. The molecule has 35 heavy (non-hydrogen) atoms. The number of fused-ring (bicyclic) bond motifs is 3. The van der Waals surface area contributed by atoms with E-state index in [1.54, 1.807) is 12.1 Å². The molecule has 4 N–H and O–H groups in total.